The Labute approximate surface area is 87.5 Å². The van der Waals surface area contributed by atoms with E-state index in [1.807, 2.05) is 20.8 Å². The van der Waals surface area contributed by atoms with Gasteiger partial charge in [-0.2, -0.15) is 0 Å². The van der Waals surface area contributed by atoms with Crippen LogP contribution in [0.4, 0.5) is 8.78 Å². The highest BCUT2D eigenvalue weighted by Crippen LogP contribution is 2.19. The van der Waals surface area contributed by atoms with Crippen molar-refractivity contribution in [2.45, 2.75) is 39.2 Å². The molecule has 0 fully saturated rings. The maximum Gasteiger partial charge on any atom is 0.256 e. The first-order valence-corrected chi connectivity index (χ1v) is 4.80. The number of nitrogens with zero attached hydrogens (tertiary/aromatic N) is 1. The summed E-state index contributed by atoms with van der Waals surface area (Å²) >= 11 is 0. The van der Waals surface area contributed by atoms with Gasteiger partial charge in [-0.3, -0.25) is 4.79 Å². The number of aromatic nitrogens is 1. The Morgan fingerprint density at radius 3 is 2.40 bits per heavy atom. The molecule has 1 aromatic heterocycles. The topological polar surface area (TPSA) is 22.0 Å². The largest absolute Gasteiger partial charge is 0.310 e. The van der Waals surface area contributed by atoms with E-state index < -0.39 is 13.0 Å². The summed E-state index contributed by atoms with van der Waals surface area (Å²) in [5.41, 5.74) is 0.351. The number of halogens is 2. The summed E-state index contributed by atoms with van der Waals surface area (Å²) in [6.45, 7) is 5.38. The highest BCUT2D eigenvalue weighted by molar-refractivity contribution is 5.19. The molecule has 0 amide bonds. The predicted octanol–water partition coefficient (Wildman–Crippen LogP) is 2.41. The molecule has 0 aliphatic carbocycles. The van der Waals surface area contributed by atoms with Crippen molar-refractivity contribution < 1.29 is 8.78 Å². The summed E-state index contributed by atoms with van der Waals surface area (Å²) in [6.07, 6.45) is -1.07. The molecule has 0 saturated carbocycles. The van der Waals surface area contributed by atoms with Crippen molar-refractivity contribution in [3.63, 3.8) is 0 Å². The van der Waals surface area contributed by atoms with Crippen LogP contribution in [-0.2, 0) is 12.0 Å². The minimum atomic E-state index is -2.50. The molecular weight excluding hydrogens is 200 g/mol. The summed E-state index contributed by atoms with van der Waals surface area (Å²) < 4.78 is 25.2. The van der Waals surface area contributed by atoms with Gasteiger partial charge in [0.25, 0.3) is 12.0 Å². The van der Waals surface area contributed by atoms with Crippen LogP contribution in [0.2, 0.25) is 0 Å². The fraction of sp³-hybridized carbons (Fsp3) is 0.545. The number of hydrogen-bond donors (Lipinski definition) is 0. The molecule has 0 aliphatic heterocycles. The van der Waals surface area contributed by atoms with Gasteiger partial charge in [0.15, 0.2) is 0 Å². The van der Waals surface area contributed by atoms with E-state index in [1.165, 1.54) is 12.3 Å². The third-order valence-electron chi connectivity index (χ3n) is 2.20. The molecule has 0 spiro atoms. The molecule has 15 heavy (non-hydrogen) atoms. The van der Waals surface area contributed by atoms with Gasteiger partial charge in [-0.1, -0.05) is 20.8 Å². The highest BCUT2D eigenvalue weighted by atomic mass is 19.3. The minimum Gasteiger partial charge on any atom is -0.310 e. The van der Waals surface area contributed by atoms with Gasteiger partial charge in [0.1, 0.15) is 0 Å². The summed E-state index contributed by atoms with van der Waals surface area (Å²) in [6, 6.07) is 3.13. The van der Waals surface area contributed by atoms with Gasteiger partial charge >= 0.3 is 0 Å². The fourth-order valence-corrected chi connectivity index (χ4v) is 1.27. The van der Waals surface area contributed by atoms with Crippen LogP contribution in [0.25, 0.3) is 0 Å². The zero-order valence-corrected chi connectivity index (χ0v) is 9.13. The molecule has 2 nitrogen and oxygen atoms in total. The molecule has 0 N–H and O–H groups in total. The van der Waals surface area contributed by atoms with Crippen molar-refractivity contribution in [2.24, 2.45) is 0 Å². The quantitative estimate of drug-likeness (QED) is 0.742. The molecule has 0 atom stereocenters. The Balaban J connectivity index is 3.04. The summed E-state index contributed by atoms with van der Waals surface area (Å²) in [4.78, 5) is 11.5. The van der Waals surface area contributed by atoms with E-state index in [-0.39, 0.29) is 11.0 Å². The summed E-state index contributed by atoms with van der Waals surface area (Å²) in [5.74, 6) is 0. The van der Waals surface area contributed by atoms with E-state index in [4.69, 9.17) is 0 Å². The maximum absolute atomic E-state index is 12.1. The van der Waals surface area contributed by atoms with Gasteiger partial charge in [-0.05, 0) is 17.0 Å². The van der Waals surface area contributed by atoms with E-state index in [0.29, 0.717) is 0 Å². The Morgan fingerprint density at radius 2 is 2.00 bits per heavy atom. The zero-order valence-electron chi connectivity index (χ0n) is 9.13. The second-order valence-electron chi connectivity index (χ2n) is 4.55. The van der Waals surface area contributed by atoms with Crippen LogP contribution in [-0.4, -0.2) is 11.0 Å². The normalized spacial score (nSPS) is 12.1. The number of hydrogen-bond acceptors (Lipinski definition) is 1. The number of pyridine rings is 1. The van der Waals surface area contributed by atoms with Crippen LogP contribution in [0, 0.1) is 0 Å². The molecule has 0 aromatic carbocycles. The SMILES string of the molecule is CC(C)(C)c1ccn(CC(F)F)c(=O)c1. The van der Waals surface area contributed by atoms with E-state index in [2.05, 4.69) is 0 Å². The lowest BCUT2D eigenvalue weighted by molar-refractivity contribution is 0.125. The second kappa shape index (κ2) is 4.13. The van der Waals surface area contributed by atoms with Crippen molar-refractivity contribution in [2.75, 3.05) is 0 Å². The first-order chi connectivity index (χ1) is 6.80. The molecular formula is C11H15F2NO. The lowest BCUT2D eigenvalue weighted by Crippen LogP contribution is -2.25. The number of rotatable bonds is 2. The second-order valence-corrected chi connectivity index (χ2v) is 4.55. The fourth-order valence-electron chi connectivity index (χ4n) is 1.27. The van der Waals surface area contributed by atoms with Crippen LogP contribution in [0.5, 0.6) is 0 Å². The van der Waals surface area contributed by atoms with Crippen LogP contribution in [0.15, 0.2) is 23.1 Å². The van der Waals surface area contributed by atoms with Crippen molar-refractivity contribution in [3.8, 4) is 0 Å². The van der Waals surface area contributed by atoms with E-state index in [0.717, 1.165) is 10.1 Å². The van der Waals surface area contributed by atoms with Gasteiger partial charge in [0.2, 0.25) is 0 Å². The smallest absolute Gasteiger partial charge is 0.256 e. The van der Waals surface area contributed by atoms with Crippen molar-refractivity contribution in [1.29, 1.82) is 0 Å². The Bertz CT molecular complexity index is 390. The predicted molar refractivity (Wildman–Crippen MR) is 55.4 cm³/mol. The van der Waals surface area contributed by atoms with Crippen molar-refractivity contribution in [3.05, 3.63) is 34.2 Å². The van der Waals surface area contributed by atoms with Crippen LogP contribution in [0.3, 0.4) is 0 Å². The molecule has 1 heterocycles. The van der Waals surface area contributed by atoms with Crippen LogP contribution in [0.1, 0.15) is 26.3 Å². The van der Waals surface area contributed by atoms with Gasteiger partial charge in [0.05, 0.1) is 6.54 Å². The number of alkyl halides is 2. The average Bonchev–Trinajstić information content (AvgIpc) is 2.05. The van der Waals surface area contributed by atoms with Crippen molar-refractivity contribution in [1.82, 2.24) is 4.57 Å². The lowest BCUT2D eigenvalue weighted by atomic mass is 9.88. The lowest BCUT2D eigenvalue weighted by Gasteiger charge is -2.19. The van der Waals surface area contributed by atoms with Gasteiger partial charge < -0.3 is 4.57 Å². The molecule has 0 saturated heterocycles. The first-order valence-electron chi connectivity index (χ1n) is 4.80. The Hall–Kier alpha value is -1.19. The summed E-state index contributed by atoms with van der Waals surface area (Å²) in [5, 5.41) is 0. The molecule has 1 rings (SSSR count). The van der Waals surface area contributed by atoms with E-state index in [1.54, 1.807) is 6.07 Å². The molecule has 0 bridgehead atoms. The third kappa shape index (κ3) is 3.15. The maximum atomic E-state index is 12.1. The molecule has 0 aliphatic rings. The monoisotopic (exact) mass is 215 g/mol. The van der Waals surface area contributed by atoms with E-state index >= 15 is 0 Å². The van der Waals surface area contributed by atoms with E-state index in [9.17, 15) is 13.6 Å². The molecule has 1 aromatic rings. The average molecular weight is 215 g/mol. The van der Waals surface area contributed by atoms with Gasteiger partial charge in [-0.15, -0.1) is 0 Å². The van der Waals surface area contributed by atoms with Crippen molar-refractivity contribution >= 4 is 0 Å². The minimum absolute atomic E-state index is 0.136. The highest BCUT2D eigenvalue weighted by Gasteiger charge is 2.15. The third-order valence-corrected chi connectivity index (χ3v) is 2.20. The molecule has 0 unspecified atom stereocenters. The molecule has 4 heteroatoms. The van der Waals surface area contributed by atoms with Crippen LogP contribution < -0.4 is 5.56 Å². The zero-order chi connectivity index (χ0) is 11.6. The standard InChI is InChI=1S/C11H15F2NO/c1-11(2,3)8-4-5-14(7-9(12)13)10(15)6-8/h4-6,9H,7H2,1-3H3. The molecule has 84 valence electrons. The first kappa shape index (κ1) is 11.9. The van der Waals surface area contributed by atoms with Crippen LogP contribution >= 0.6 is 0 Å². The summed E-state index contributed by atoms with van der Waals surface area (Å²) in [7, 11) is 0. The molecule has 0 radical (unpaired) electrons. The Kier molecular flexibility index (Phi) is 3.27. The Morgan fingerprint density at radius 1 is 1.40 bits per heavy atom. The van der Waals surface area contributed by atoms with Gasteiger partial charge in [-0.25, -0.2) is 8.78 Å². The van der Waals surface area contributed by atoms with Gasteiger partial charge in [0, 0.05) is 12.3 Å².